The molecule has 25 heavy (non-hydrogen) atoms. The van der Waals surface area contributed by atoms with E-state index in [4.69, 9.17) is 11.6 Å². The van der Waals surface area contributed by atoms with Crippen LogP contribution in [-0.4, -0.2) is 33.9 Å². The molecule has 0 atom stereocenters. The molecule has 1 aliphatic rings. The van der Waals surface area contributed by atoms with Gasteiger partial charge in [0.2, 0.25) is 5.91 Å². The molecule has 4 nitrogen and oxygen atoms in total. The van der Waals surface area contributed by atoms with E-state index in [2.05, 4.69) is 22.2 Å². The van der Waals surface area contributed by atoms with Crippen molar-refractivity contribution in [2.75, 3.05) is 13.1 Å². The molecule has 4 rings (SSSR count). The molecule has 1 saturated heterocycles. The second-order valence-electron chi connectivity index (χ2n) is 6.60. The van der Waals surface area contributed by atoms with Gasteiger partial charge in [0.25, 0.3) is 0 Å². The molecule has 0 spiro atoms. The van der Waals surface area contributed by atoms with Crippen LogP contribution in [0.3, 0.4) is 0 Å². The number of piperidine rings is 1. The molecule has 0 radical (unpaired) electrons. The lowest BCUT2D eigenvalue weighted by Crippen LogP contribution is -2.38. The van der Waals surface area contributed by atoms with Gasteiger partial charge in [-0.2, -0.15) is 0 Å². The van der Waals surface area contributed by atoms with E-state index >= 15 is 0 Å². The van der Waals surface area contributed by atoms with Crippen LogP contribution in [0.25, 0.3) is 11.0 Å². The maximum Gasteiger partial charge on any atom is 0.226 e. The summed E-state index contributed by atoms with van der Waals surface area (Å²) in [5.74, 6) is 0.654. The van der Waals surface area contributed by atoms with Crippen LogP contribution in [-0.2, 0) is 11.2 Å². The van der Waals surface area contributed by atoms with Crippen LogP contribution >= 0.6 is 11.6 Å². The number of aromatic amines is 1. The minimum absolute atomic E-state index is 0.192. The van der Waals surface area contributed by atoms with E-state index < -0.39 is 0 Å². The predicted molar refractivity (Wildman–Crippen MR) is 99.8 cm³/mol. The van der Waals surface area contributed by atoms with Crippen LogP contribution in [0.2, 0.25) is 5.02 Å². The molecule has 2 aromatic heterocycles. The topological polar surface area (TPSA) is 49.0 Å². The van der Waals surface area contributed by atoms with Crippen molar-refractivity contribution in [1.29, 1.82) is 0 Å². The zero-order valence-electron chi connectivity index (χ0n) is 13.9. The second-order valence-corrected chi connectivity index (χ2v) is 7.04. The fourth-order valence-corrected chi connectivity index (χ4v) is 3.74. The minimum atomic E-state index is 0.192. The number of fused-ring (bicyclic) bond motifs is 1. The summed E-state index contributed by atoms with van der Waals surface area (Å²) >= 11 is 5.90. The average Bonchev–Trinajstić information content (AvgIpc) is 3.08. The number of aromatic nitrogens is 2. The maximum absolute atomic E-state index is 12.5. The lowest BCUT2D eigenvalue weighted by molar-refractivity contribution is -0.131. The van der Waals surface area contributed by atoms with Crippen molar-refractivity contribution in [2.24, 2.45) is 0 Å². The third-order valence-electron chi connectivity index (χ3n) is 5.02. The number of pyridine rings is 1. The highest BCUT2D eigenvalue weighted by atomic mass is 35.5. The number of nitrogens with zero attached hydrogens (tertiary/aromatic N) is 2. The number of hydrogen-bond donors (Lipinski definition) is 1. The lowest BCUT2D eigenvalue weighted by Gasteiger charge is -2.32. The fraction of sp³-hybridized carbons (Fsp3) is 0.300. The molecule has 1 fully saturated rings. The van der Waals surface area contributed by atoms with Gasteiger partial charge in [-0.15, -0.1) is 0 Å². The number of likely N-dealkylation sites (tertiary alicyclic amines) is 1. The van der Waals surface area contributed by atoms with Gasteiger partial charge in [0.05, 0.1) is 17.5 Å². The van der Waals surface area contributed by atoms with Crippen LogP contribution in [0.5, 0.6) is 0 Å². The van der Waals surface area contributed by atoms with Crippen LogP contribution in [0.15, 0.2) is 48.8 Å². The smallest absolute Gasteiger partial charge is 0.226 e. The molecular weight excluding hydrogens is 334 g/mol. The van der Waals surface area contributed by atoms with E-state index in [1.807, 2.05) is 41.4 Å². The third kappa shape index (κ3) is 3.40. The third-order valence-corrected chi connectivity index (χ3v) is 5.27. The van der Waals surface area contributed by atoms with E-state index in [1.165, 1.54) is 5.56 Å². The van der Waals surface area contributed by atoms with Gasteiger partial charge in [-0.05, 0) is 54.2 Å². The van der Waals surface area contributed by atoms with Crippen molar-refractivity contribution in [3.05, 3.63) is 64.9 Å². The molecule has 1 aromatic carbocycles. The summed E-state index contributed by atoms with van der Waals surface area (Å²) < 4.78 is 0. The van der Waals surface area contributed by atoms with Crippen LogP contribution < -0.4 is 0 Å². The van der Waals surface area contributed by atoms with Crippen LogP contribution in [0, 0.1) is 0 Å². The molecule has 0 bridgehead atoms. The number of carbonyl (C=O) groups is 1. The highest BCUT2D eigenvalue weighted by Crippen LogP contribution is 2.32. The minimum Gasteiger partial charge on any atom is -0.360 e. The lowest BCUT2D eigenvalue weighted by atomic mass is 9.90. The SMILES string of the molecule is O=C(Cc1ccc(Cl)cc1)N1CCC(c2c[nH]c3cccnc23)CC1. The number of nitrogens with one attached hydrogen (secondary N) is 1. The van der Waals surface area contributed by atoms with Gasteiger partial charge >= 0.3 is 0 Å². The van der Waals surface area contributed by atoms with Gasteiger partial charge in [0, 0.05) is 30.5 Å². The zero-order valence-corrected chi connectivity index (χ0v) is 14.7. The van der Waals surface area contributed by atoms with E-state index in [0.717, 1.165) is 42.5 Å². The first-order valence-corrected chi connectivity index (χ1v) is 9.03. The Morgan fingerprint density at radius 1 is 1.20 bits per heavy atom. The first-order valence-electron chi connectivity index (χ1n) is 8.65. The van der Waals surface area contributed by atoms with Crippen molar-refractivity contribution >= 4 is 28.5 Å². The Balaban J connectivity index is 1.39. The molecule has 3 aromatic rings. The molecular formula is C20H20ClN3O. The maximum atomic E-state index is 12.5. The number of H-pyrrole nitrogens is 1. The first-order chi connectivity index (χ1) is 12.2. The summed E-state index contributed by atoms with van der Waals surface area (Å²) in [6, 6.07) is 11.5. The van der Waals surface area contributed by atoms with Crippen LogP contribution in [0.4, 0.5) is 0 Å². The molecule has 1 amide bonds. The van der Waals surface area contributed by atoms with Gasteiger partial charge in [-0.1, -0.05) is 23.7 Å². The van der Waals surface area contributed by atoms with Gasteiger partial charge in [0.1, 0.15) is 0 Å². The van der Waals surface area contributed by atoms with E-state index in [-0.39, 0.29) is 5.91 Å². The molecule has 3 heterocycles. The fourth-order valence-electron chi connectivity index (χ4n) is 3.62. The Hall–Kier alpha value is -2.33. The number of carbonyl (C=O) groups excluding carboxylic acids is 1. The van der Waals surface area contributed by atoms with E-state index in [1.54, 1.807) is 0 Å². The van der Waals surface area contributed by atoms with Crippen molar-refractivity contribution < 1.29 is 4.79 Å². The van der Waals surface area contributed by atoms with Gasteiger partial charge < -0.3 is 9.88 Å². The monoisotopic (exact) mass is 353 g/mol. The number of benzene rings is 1. The Bertz CT molecular complexity index is 879. The predicted octanol–water partition coefficient (Wildman–Crippen LogP) is 4.17. The molecule has 1 N–H and O–H groups in total. The van der Waals surface area contributed by atoms with Gasteiger partial charge in [0.15, 0.2) is 0 Å². The van der Waals surface area contributed by atoms with E-state index in [9.17, 15) is 4.79 Å². The molecule has 5 heteroatoms. The van der Waals surface area contributed by atoms with Crippen LogP contribution in [0.1, 0.15) is 29.9 Å². The number of rotatable bonds is 3. The van der Waals surface area contributed by atoms with Gasteiger partial charge in [-0.25, -0.2) is 0 Å². The molecule has 0 aliphatic carbocycles. The highest BCUT2D eigenvalue weighted by Gasteiger charge is 2.25. The number of amides is 1. The Kier molecular flexibility index (Phi) is 4.45. The Morgan fingerprint density at radius 3 is 2.72 bits per heavy atom. The molecule has 0 unspecified atom stereocenters. The van der Waals surface area contributed by atoms with Crippen molar-refractivity contribution in [3.8, 4) is 0 Å². The number of halogens is 1. The quantitative estimate of drug-likeness (QED) is 0.768. The first kappa shape index (κ1) is 16.2. The summed E-state index contributed by atoms with van der Waals surface area (Å²) in [5.41, 5.74) is 4.44. The van der Waals surface area contributed by atoms with Crippen molar-refractivity contribution in [1.82, 2.24) is 14.9 Å². The number of hydrogen-bond acceptors (Lipinski definition) is 2. The molecule has 128 valence electrons. The average molecular weight is 354 g/mol. The second kappa shape index (κ2) is 6.89. The summed E-state index contributed by atoms with van der Waals surface area (Å²) in [6.07, 6.45) is 6.32. The summed E-state index contributed by atoms with van der Waals surface area (Å²) in [6.45, 7) is 1.60. The summed E-state index contributed by atoms with van der Waals surface area (Å²) in [4.78, 5) is 22.3. The summed E-state index contributed by atoms with van der Waals surface area (Å²) in [5, 5.41) is 0.698. The standard InChI is InChI=1S/C20H20ClN3O/c21-16-5-3-14(4-6-16)12-19(25)24-10-7-15(8-11-24)17-13-23-18-2-1-9-22-20(17)18/h1-6,9,13,15,23H,7-8,10-12H2. The Morgan fingerprint density at radius 2 is 1.96 bits per heavy atom. The molecule has 1 aliphatic heterocycles. The van der Waals surface area contributed by atoms with Gasteiger partial charge in [-0.3, -0.25) is 9.78 Å². The molecule has 0 saturated carbocycles. The largest absolute Gasteiger partial charge is 0.360 e. The Labute approximate surface area is 151 Å². The van der Waals surface area contributed by atoms with Crippen molar-refractivity contribution in [2.45, 2.75) is 25.2 Å². The van der Waals surface area contributed by atoms with Crippen molar-refractivity contribution in [3.63, 3.8) is 0 Å². The van der Waals surface area contributed by atoms with E-state index in [0.29, 0.717) is 17.4 Å². The summed E-state index contributed by atoms with van der Waals surface area (Å²) in [7, 11) is 0. The normalized spacial score (nSPS) is 15.6. The zero-order chi connectivity index (χ0) is 17.2. The highest BCUT2D eigenvalue weighted by molar-refractivity contribution is 6.30.